The number of allylic oxidation sites excluding steroid dienone is 1. The summed E-state index contributed by atoms with van der Waals surface area (Å²) in [5.41, 5.74) is 0.882. The van der Waals surface area contributed by atoms with E-state index in [4.69, 9.17) is 23.2 Å². The number of amides is 1. The first-order chi connectivity index (χ1) is 10.3. The lowest BCUT2D eigenvalue weighted by Gasteiger charge is -2.07. The molecule has 6 heteroatoms. The van der Waals surface area contributed by atoms with Gasteiger partial charge in [0.2, 0.25) is 5.91 Å². The van der Waals surface area contributed by atoms with Gasteiger partial charge in [0.1, 0.15) is 4.49 Å². The van der Waals surface area contributed by atoms with Gasteiger partial charge in [0.05, 0.1) is 18.6 Å². The van der Waals surface area contributed by atoms with Crippen molar-refractivity contribution in [3.8, 4) is 0 Å². The van der Waals surface area contributed by atoms with Crippen molar-refractivity contribution in [2.75, 3.05) is 12.4 Å². The molecule has 0 aromatic heterocycles. The molecule has 0 spiro atoms. The molecule has 1 aliphatic rings. The number of rotatable bonds is 4. The van der Waals surface area contributed by atoms with Crippen molar-refractivity contribution in [2.24, 2.45) is 17.3 Å². The van der Waals surface area contributed by atoms with Gasteiger partial charge in [0, 0.05) is 5.69 Å². The Morgan fingerprint density at radius 1 is 1.23 bits per heavy atom. The fourth-order valence-corrected chi connectivity index (χ4v) is 2.92. The zero-order valence-corrected chi connectivity index (χ0v) is 14.0. The van der Waals surface area contributed by atoms with E-state index >= 15 is 0 Å². The van der Waals surface area contributed by atoms with E-state index in [0.29, 0.717) is 11.3 Å². The van der Waals surface area contributed by atoms with Gasteiger partial charge in [-0.3, -0.25) is 4.79 Å². The van der Waals surface area contributed by atoms with Crippen LogP contribution in [0.3, 0.4) is 0 Å². The number of hydrogen-bond acceptors (Lipinski definition) is 3. The average Bonchev–Trinajstić information content (AvgIpc) is 2.99. The van der Waals surface area contributed by atoms with Crippen molar-refractivity contribution < 1.29 is 14.3 Å². The summed E-state index contributed by atoms with van der Waals surface area (Å²) in [6.45, 7) is 3.99. The van der Waals surface area contributed by atoms with Crippen LogP contribution in [0.5, 0.6) is 0 Å². The second-order valence-electron chi connectivity index (χ2n) is 5.84. The van der Waals surface area contributed by atoms with E-state index in [1.165, 1.54) is 7.11 Å². The molecule has 1 saturated carbocycles. The van der Waals surface area contributed by atoms with Gasteiger partial charge in [-0.05, 0) is 41.7 Å². The Kier molecular flexibility index (Phi) is 4.83. The predicted octanol–water partition coefficient (Wildman–Crippen LogP) is 4.00. The van der Waals surface area contributed by atoms with E-state index in [2.05, 4.69) is 10.1 Å². The number of ether oxygens (including phenoxy) is 1. The van der Waals surface area contributed by atoms with Gasteiger partial charge in [0.25, 0.3) is 0 Å². The van der Waals surface area contributed by atoms with E-state index < -0.39 is 5.97 Å². The highest BCUT2D eigenvalue weighted by Crippen LogP contribution is 2.59. The highest BCUT2D eigenvalue weighted by Gasteiger charge is 2.60. The molecule has 22 heavy (non-hydrogen) atoms. The topological polar surface area (TPSA) is 55.4 Å². The van der Waals surface area contributed by atoms with Gasteiger partial charge >= 0.3 is 5.97 Å². The van der Waals surface area contributed by atoms with Gasteiger partial charge in [-0.1, -0.05) is 37.0 Å². The van der Waals surface area contributed by atoms with E-state index in [1.54, 1.807) is 30.3 Å². The first-order valence-corrected chi connectivity index (χ1v) is 7.55. The molecular weight excluding hydrogens is 325 g/mol. The molecule has 1 aromatic carbocycles. The van der Waals surface area contributed by atoms with E-state index in [-0.39, 0.29) is 27.6 Å². The fraction of sp³-hybridized carbons (Fsp3) is 0.375. The SMILES string of the molecule is COC(=O)c1ccc(NC(=O)[C@H]2[C@H](C=C(Cl)Cl)C2(C)C)cc1. The second-order valence-corrected chi connectivity index (χ2v) is 6.85. The van der Waals surface area contributed by atoms with Gasteiger partial charge < -0.3 is 10.1 Å². The molecule has 0 unspecified atom stereocenters. The summed E-state index contributed by atoms with van der Waals surface area (Å²) in [6.07, 6.45) is 1.70. The first-order valence-electron chi connectivity index (χ1n) is 6.79. The minimum Gasteiger partial charge on any atom is -0.465 e. The van der Waals surface area contributed by atoms with Crippen molar-refractivity contribution in [2.45, 2.75) is 13.8 Å². The number of nitrogens with one attached hydrogen (secondary N) is 1. The Balaban J connectivity index is 2.04. The minimum atomic E-state index is -0.414. The molecule has 1 aromatic rings. The molecule has 118 valence electrons. The Hall–Kier alpha value is -1.52. The standard InChI is InChI=1S/C16H17Cl2NO3/c1-16(2)11(8-12(17)18)13(16)14(20)19-10-6-4-9(5-7-10)15(21)22-3/h4-8,11,13H,1-3H3,(H,19,20)/t11-,13+/m0/s1. The van der Waals surface area contributed by atoms with Crippen LogP contribution in [0.1, 0.15) is 24.2 Å². The molecule has 0 aliphatic heterocycles. The zero-order chi connectivity index (χ0) is 16.5. The molecule has 1 N–H and O–H groups in total. The molecule has 1 aliphatic carbocycles. The second kappa shape index (κ2) is 6.31. The normalized spacial score (nSPS) is 21.7. The molecule has 4 nitrogen and oxygen atoms in total. The van der Waals surface area contributed by atoms with Crippen LogP contribution in [0.25, 0.3) is 0 Å². The summed E-state index contributed by atoms with van der Waals surface area (Å²) < 4.78 is 4.80. The number of esters is 1. The summed E-state index contributed by atoms with van der Waals surface area (Å²) >= 11 is 11.4. The highest BCUT2D eigenvalue weighted by atomic mass is 35.5. The molecule has 2 atom stereocenters. The third kappa shape index (κ3) is 3.45. The van der Waals surface area contributed by atoms with Crippen molar-refractivity contribution in [1.29, 1.82) is 0 Å². The highest BCUT2D eigenvalue weighted by molar-refractivity contribution is 6.55. The molecule has 1 amide bonds. The van der Waals surface area contributed by atoms with Crippen molar-refractivity contribution in [3.05, 3.63) is 40.4 Å². The quantitative estimate of drug-likeness (QED) is 0.842. The Bertz CT molecular complexity index is 619. The summed E-state index contributed by atoms with van der Waals surface area (Å²) in [6, 6.07) is 6.54. The van der Waals surface area contributed by atoms with Crippen LogP contribution in [0, 0.1) is 17.3 Å². The predicted molar refractivity (Wildman–Crippen MR) is 87.0 cm³/mol. The summed E-state index contributed by atoms with van der Waals surface area (Å²) in [7, 11) is 1.32. The fourth-order valence-electron chi connectivity index (χ4n) is 2.65. The maximum Gasteiger partial charge on any atom is 0.337 e. The number of anilines is 1. The lowest BCUT2D eigenvalue weighted by molar-refractivity contribution is -0.118. The molecule has 0 bridgehead atoms. The molecule has 1 fully saturated rings. The minimum absolute atomic E-state index is 0.0202. The lowest BCUT2D eigenvalue weighted by atomic mass is 10.1. The Morgan fingerprint density at radius 2 is 1.82 bits per heavy atom. The van der Waals surface area contributed by atoms with Crippen LogP contribution in [0.15, 0.2) is 34.8 Å². The van der Waals surface area contributed by atoms with Crippen LogP contribution < -0.4 is 5.32 Å². The Labute approximate surface area is 139 Å². The molecule has 0 radical (unpaired) electrons. The Morgan fingerprint density at radius 3 is 2.32 bits per heavy atom. The number of halogens is 2. The van der Waals surface area contributed by atoms with Crippen molar-refractivity contribution in [1.82, 2.24) is 0 Å². The smallest absolute Gasteiger partial charge is 0.337 e. The van der Waals surface area contributed by atoms with Gasteiger partial charge in [-0.15, -0.1) is 0 Å². The van der Waals surface area contributed by atoms with E-state index in [9.17, 15) is 9.59 Å². The molecule has 0 saturated heterocycles. The largest absolute Gasteiger partial charge is 0.465 e. The van der Waals surface area contributed by atoms with Crippen molar-refractivity contribution in [3.63, 3.8) is 0 Å². The third-order valence-corrected chi connectivity index (χ3v) is 4.32. The number of hydrogen-bond donors (Lipinski definition) is 1. The third-order valence-electron chi connectivity index (χ3n) is 4.07. The van der Waals surface area contributed by atoms with Gasteiger partial charge in [-0.25, -0.2) is 4.79 Å². The van der Waals surface area contributed by atoms with Crippen LogP contribution in [0.4, 0.5) is 5.69 Å². The van der Waals surface area contributed by atoms with Crippen LogP contribution >= 0.6 is 23.2 Å². The number of benzene rings is 1. The van der Waals surface area contributed by atoms with E-state index in [0.717, 1.165) is 0 Å². The summed E-state index contributed by atoms with van der Waals surface area (Å²) in [4.78, 5) is 23.7. The monoisotopic (exact) mass is 341 g/mol. The zero-order valence-electron chi connectivity index (χ0n) is 12.5. The molecule has 0 heterocycles. The first kappa shape index (κ1) is 16.8. The molecule has 2 rings (SSSR count). The summed E-state index contributed by atoms with van der Waals surface area (Å²) in [5.74, 6) is -0.665. The maximum absolute atomic E-state index is 12.3. The van der Waals surface area contributed by atoms with Gasteiger partial charge in [-0.2, -0.15) is 0 Å². The van der Waals surface area contributed by atoms with Crippen LogP contribution in [0.2, 0.25) is 0 Å². The molecular formula is C16H17Cl2NO3. The van der Waals surface area contributed by atoms with Crippen LogP contribution in [-0.2, 0) is 9.53 Å². The van der Waals surface area contributed by atoms with Crippen molar-refractivity contribution >= 4 is 40.8 Å². The average molecular weight is 342 g/mol. The number of carbonyl (C=O) groups is 2. The lowest BCUT2D eigenvalue weighted by Crippen LogP contribution is -2.17. The van der Waals surface area contributed by atoms with E-state index in [1.807, 2.05) is 13.8 Å². The van der Waals surface area contributed by atoms with Gasteiger partial charge in [0.15, 0.2) is 0 Å². The maximum atomic E-state index is 12.3. The number of methoxy groups -OCH3 is 1. The number of carbonyl (C=O) groups excluding carboxylic acids is 2. The van der Waals surface area contributed by atoms with Crippen LogP contribution in [-0.4, -0.2) is 19.0 Å². The summed E-state index contributed by atoms with van der Waals surface area (Å²) in [5, 5.41) is 2.84.